The zero-order chi connectivity index (χ0) is 12.5. The van der Waals surface area contributed by atoms with Gasteiger partial charge in [0.2, 0.25) is 0 Å². The molecule has 0 spiro atoms. The second-order valence-corrected chi connectivity index (χ2v) is 4.30. The minimum absolute atomic E-state index is 0.669. The normalized spacial score (nSPS) is 11.8. The van der Waals surface area contributed by atoms with Crippen LogP contribution in [0.15, 0.2) is 29.8 Å². The Labute approximate surface area is 105 Å². The van der Waals surface area contributed by atoms with E-state index in [2.05, 4.69) is 49.5 Å². The van der Waals surface area contributed by atoms with Gasteiger partial charge in [0.25, 0.3) is 0 Å². The number of methoxy groups -OCH3 is 1. The van der Waals surface area contributed by atoms with E-state index in [1.165, 1.54) is 23.1 Å². The molecule has 0 radical (unpaired) electrons. The van der Waals surface area contributed by atoms with Gasteiger partial charge in [0.1, 0.15) is 0 Å². The molecule has 1 N–H and O–H groups in total. The SMILES string of the molecule is CCCNCC(C)=Cc1ccccc1COC. The molecular formula is C15H23NO. The predicted octanol–water partition coefficient (Wildman–Crippen LogP) is 3.24. The number of rotatable bonds is 7. The van der Waals surface area contributed by atoms with Crippen LogP contribution in [0.4, 0.5) is 0 Å². The summed E-state index contributed by atoms with van der Waals surface area (Å²) in [7, 11) is 1.73. The van der Waals surface area contributed by atoms with Gasteiger partial charge in [-0.25, -0.2) is 0 Å². The molecule has 0 heterocycles. The van der Waals surface area contributed by atoms with E-state index in [1.807, 2.05) is 0 Å². The van der Waals surface area contributed by atoms with Gasteiger partial charge >= 0.3 is 0 Å². The third-order valence-electron chi connectivity index (χ3n) is 2.59. The standard InChI is InChI=1S/C15H23NO/c1-4-9-16-11-13(2)10-14-7-5-6-8-15(14)12-17-3/h5-8,10,16H,4,9,11-12H2,1-3H3. The zero-order valence-corrected chi connectivity index (χ0v) is 11.1. The van der Waals surface area contributed by atoms with Crippen LogP contribution in [-0.4, -0.2) is 20.2 Å². The summed E-state index contributed by atoms with van der Waals surface area (Å²) in [4.78, 5) is 0. The topological polar surface area (TPSA) is 21.3 Å². The van der Waals surface area contributed by atoms with E-state index < -0.39 is 0 Å². The van der Waals surface area contributed by atoms with Gasteiger partial charge in [0.15, 0.2) is 0 Å². The maximum Gasteiger partial charge on any atom is 0.0718 e. The largest absolute Gasteiger partial charge is 0.380 e. The highest BCUT2D eigenvalue weighted by atomic mass is 16.5. The number of hydrogen-bond acceptors (Lipinski definition) is 2. The summed E-state index contributed by atoms with van der Waals surface area (Å²) in [6, 6.07) is 8.37. The molecule has 0 fully saturated rings. The molecule has 0 amide bonds. The molecule has 94 valence electrons. The van der Waals surface area contributed by atoms with Crippen molar-refractivity contribution in [3.63, 3.8) is 0 Å². The summed E-state index contributed by atoms with van der Waals surface area (Å²) >= 11 is 0. The molecular weight excluding hydrogens is 210 g/mol. The van der Waals surface area contributed by atoms with E-state index in [0.717, 1.165) is 13.1 Å². The summed E-state index contributed by atoms with van der Waals surface area (Å²) in [6.07, 6.45) is 3.41. The lowest BCUT2D eigenvalue weighted by atomic mass is 10.1. The zero-order valence-electron chi connectivity index (χ0n) is 11.1. The van der Waals surface area contributed by atoms with Crippen LogP contribution in [0.5, 0.6) is 0 Å². The molecule has 0 atom stereocenters. The highest BCUT2D eigenvalue weighted by Gasteiger charge is 1.99. The van der Waals surface area contributed by atoms with Crippen molar-refractivity contribution in [3.05, 3.63) is 41.0 Å². The molecule has 17 heavy (non-hydrogen) atoms. The van der Waals surface area contributed by atoms with Crippen LogP contribution < -0.4 is 5.32 Å². The lowest BCUT2D eigenvalue weighted by Gasteiger charge is -2.07. The molecule has 0 aliphatic carbocycles. The first-order valence-electron chi connectivity index (χ1n) is 6.22. The fourth-order valence-corrected chi connectivity index (χ4v) is 1.74. The molecule has 0 saturated heterocycles. The number of ether oxygens (including phenoxy) is 1. The van der Waals surface area contributed by atoms with Crippen molar-refractivity contribution in [1.29, 1.82) is 0 Å². The predicted molar refractivity (Wildman–Crippen MR) is 74.0 cm³/mol. The second-order valence-electron chi connectivity index (χ2n) is 4.30. The van der Waals surface area contributed by atoms with Crippen molar-refractivity contribution in [2.24, 2.45) is 0 Å². The molecule has 1 aromatic carbocycles. The van der Waals surface area contributed by atoms with Gasteiger partial charge in [-0.1, -0.05) is 42.8 Å². The molecule has 1 rings (SSSR count). The van der Waals surface area contributed by atoms with Gasteiger partial charge in [-0.05, 0) is 31.0 Å². The van der Waals surface area contributed by atoms with Gasteiger partial charge in [0.05, 0.1) is 6.61 Å². The summed E-state index contributed by atoms with van der Waals surface area (Å²) in [5.74, 6) is 0. The quantitative estimate of drug-likeness (QED) is 0.730. The molecule has 0 aliphatic heterocycles. The maximum absolute atomic E-state index is 5.20. The molecule has 0 saturated carbocycles. The number of benzene rings is 1. The van der Waals surface area contributed by atoms with Crippen molar-refractivity contribution in [2.75, 3.05) is 20.2 Å². The monoisotopic (exact) mass is 233 g/mol. The van der Waals surface area contributed by atoms with E-state index in [1.54, 1.807) is 7.11 Å². The summed E-state index contributed by atoms with van der Waals surface area (Å²) < 4.78 is 5.20. The van der Waals surface area contributed by atoms with Crippen LogP contribution in [0.1, 0.15) is 31.4 Å². The number of nitrogens with one attached hydrogen (secondary N) is 1. The van der Waals surface area contributed by atoms with Gasteiger partial charge in [0, 0.05) is 13.7 Å². The van der Waals surface area contributed by atoms with E-state index >= 15 is 0 Å². The van der Waals surface area contributed by atoms with Crippen LogP contribution in [0.25, 0.3) is 6.08 Å². The Morgan fingerprint density at radius 1 is 1.35 bits per heavy atom. The summed E-state index contributed by atoms with van der Waals surface area (Å²) in [5.41, 5.74) is 3.84. The third kappa shape index (κ3) is 5.16. The van der Waals surface area contributed by atoms with Gasteiger partial charge < -0.3 is 10.1 Å². The van der Waals surface area contributed by atoms with Crippen molar-refractivity contribution in [2.45, 2.75) is 26.9 Å². The molecule has 0 bridgehead atoms. The smallest absolute Gasteiger partial charge is 0.0718 e. The van der Waals surface area contributed by atoms with E-state index in [0.29, 0.717) is 6.61 Å². The van der Waals surface area contributed by atoms with Crippen LogP contribution >= 0.6 is 0 Å². The van der Waals surface area contributed by atoms with Crippen LogP contribution in [0.3, 0.4) is 0 Å². The summed E-state index contributed by atoms with van der Waals surface area (Å²) in [6.45, 7) is 7.04. The Hall–Kier alpha value is -1.12. The van der Waals surface area contributed by atoms with Crippen molar-refractivity contribution < 1.29 is 4.74 Å². The average molecular weight is 233 g/mol. The third-order valence-corrected chi connectivity index (χ3v) is 2.59. The minimum Gasteiger partial charge on any atom is -0.380 e. The molecule has 1 aromatic rings. The Kier molecular flexibility index (Phi) is 6.60. The minimum atomic E-state index is 0.669. The molecule has 0 aliphatic rings. The van der Waals surface area contributed by atoms with Crippen molar-refractivity contribution in [1.82, 2.24) is 5.32 Å². The first-order chi connectivity index (χ1) is 8.27. The fraction of sp³-hybridized carbons (Fsp3) is 0.467. The highest BCUT2D eigenvalue weighted by Crippen LogP contribution is 2.13. The average Bonchev–Trinajstić information content (AvgIpc) is 2.32. The van der Waals surface area contributed by atoms with E-state index in [4.69, 9.17) is 4.74 Å². The van der Waals surface area contributed by atoms with Gasteiger partial charge in [-0.15, -0.1) is 0 Å². The van der Waals surface area contributed by atoms with Crippen molar-refractivity contribution >= 4 is 6.08 Å². The molecule has 0 unspecified atom stereocenters. The number of hydrogen-bond donors (Lipinski definition) is 1. The molecule has 0 aromatic heterocycles. The summed E-state index contributed by atoms with van der Waals surface area (Å²) in [5, 5.41) is 3.41. The second kappa shape index (κ2) is 8.04. The van der Waals surface area contributed by atoms with Crippen LogP contribution in [0.2, 0.25) is 0 Å². The maximum atomic E-state index is 5.20. The Morgan fingerprint density at radius 2 is 2.12 bits per heavy atom. The molecule has 2 heteroatoms. The first-order valence-corrected chi connectivity index (χ1v) is 6.22. The van der Waals surface area contributed by atoms with Crippen LogP contribution in [0, 0.1) is 0 Å². The fourth-order valence-electron chi connectivity index (χ4n) is 1.74. The Balaban J connectivity index is 2.67. The first kappa shape index (κ1) is 13.9. The van der Waals surface area contributed by atoms with Gasteiger partial charge in [-0.3, -0.25) is 0 Å². The van der Waals surface area contributed by atoms with Crippen LogP contribution in [-0.2, 0) is 11.3 Å². The van der Waals surface area contributed by atoms with E-state index in [-0.39, 0.29) is 0 Å². The highest BCUT2D eigenvalue weighted by molar-refractivity contribution is 5.56. The lowest BCUT2D eigenvalue weighted by Crippen LogP contribution is -2.16. The Bertz CT molecular complexity index is 358. The molecule has 2 nitrogen and oxygen atoms in total. The lowest BCUT2D eigenvalue weighted by molar-refractivity contribution is 0.184. The van der Waals surface area contributed by atoms with E-state index in [9.17, 15) is 0 Å². The van der Waals surface area contributed by atoms with Crippen molar-refractivity contribution in [3.8, 4) is 0 Å². The Morgan fingerprint density at radius 3 is 2.82 bits per heavy atom. The van der Waals surface area contributed by atoms with Gasteiger partial charge in [-0.2, -0.15) is 0 Å².